The zero-order chi connectivity index (χ0) is 15.8. The van der Waals surface area contributed by atoms with Crippen LogP contribution in [0.15, 0.2) is 24.3 Å². The highest BCUT2D eigenvalue weighted by Gasteiger charge is 2.18. The van der Waals surface area contributed by atoms with Crippen LogP contribution in [0.25, 0.3) is 0 Å². The number of carbonyl (C=O) groups excluding carboxylic acids is 2. The molecule has 0 aliphatic rings. The molecule has 0 saturated heterocycles. The lowest BCUT2D eigenvalue weighted by atomic mass is 10.1. The average molecular weight is 292 g/mol. The molecule has 0 aromatic heterocycles. The maximum atomic E-state index is 12.3. The molecule has 0 aliphatic carbocycles. The van der Waals surface area contributed by atoms with Crippen LogP contribution in [0.3, 0.4) is 0 Å². The van der Waals surface area contributed by atoms with Gasteiger partial charge < -0.3 is 15.0 Å². The van der Waals surface area contributed by atoms with E-state index >= 15 is 0 Å². The van der Waals surface area contributed by atoms with Gasteiger partial charge in [0.15, 0.2) is 5.78 Å². The molecular weight excluding hydrogens is 268 g/mol. The van der Waals surface area contributed by atoms with Crippen molar-refractivity contribution in [1.29, 1.82) is 0 Å². The number of hydrogen-bond acceptors (Lipinski definition) is 3. The highest BCUT2D eigenvalue weighted by atomic mass is 16.5. The predicted octanol–water partition coefficient (Wildman–Crippen LogP) is 3.17. The summed E-state index contributed by atoms with van der Waals surface area (Å²) < 4.78 is 5.05. The molecule has 1 aromatic carbocycles. The van der Waals surface area contributed by atoms with Gasteiger partial charge in [-0.3, -0.25) is 4.79 Å². The first-order chi connectivity index (χ1) is 9.99. The number of anilines is 1. The molecule has 0 heterocycles. The van der Waals surface area contributed by atoms with Crippen molar-refractivity contribution in [3.05, 3.63) is 29.8 Å². The molecule has 0 radical (unpaired) electrons. The number of rotatable bonds is 7. The molecule has 0 aliphatic heterocycles. The largest absolute Gasteiger partial charge is 0.383 e. The Morgan fingerprint density at radius 1 is 1.29 bits per heavy atom. The molecule has 0 saturated carbocycles. The van der Waals surface area contributed by atoms with Gasteiger partial charge in [0.05, 0.1) is 6.61 Å². The Morgan fingerprint density at radius 3 is 2.38 bits per heavy atom. The Hall–Kier alpha value is -1.88. The van der Waals surface area contributed by atoms with Crippen molar-refractivity contribution in [2.45, 2.75) is 33.2 Å². The van der Waals surface area contributed by atoms with Gasteiger partial charge in [-0.15, -0.1) is 0 Å². The lowest BCUT2D eigenvalue weighted by Crippen LogP contribution is -2.43. The van der Waals surface area contributed by atoms with E-state index in [1.165, 1.54) is 6.92 Å². The Labute approximate surface area is 126 Å². The van der Waals surface area contributed by atoms with Crippen LogP contribution in [0, 0.1) is 0 Å². The van der Waals surface area contributed by atoms with Crippen LogP contribution in [-0.4, -0.2) is 43.0 Å². The second kappa shape index (κ2) is 8.42. The van der Waals surface area contributed by atoms with Crippen LogP contribution in [0.1, 0.15) is 37.6 Å². The van der Waals surface area contributed by atoms with Crippen LogP contribution in [-0.2, 0) is 4.74 Å². The van der Waals surface area contributed by atoms with Crippen LogP contribution in [0.5, 0.6) is 0 Å². The van der Waals surface area contributed by atoms with Crippen LogP contribution in [0.4, 0.5) is 10.5 Å². The molecule has 1 atom stereocenters. The van der Waals surface area contributed by atoms with Gasteiger partial charge in [-0.1, -0.05) is 6.92 Å². The highest BCUT2D eigenvalue weighted by molar-refractivity contribution is 5.95. The number of ketones is 1. The SMILES string of the molecule is CCC(C)N(CCOC)C(=O)Nc1ccc(C(C)=O)cc1. The van der Waals surface area contributed by atoms with Crippen molar-refractivity contribution < 1.29 is 14.3 Å². The van der Waals surface area contributed by atoms with Gasteiger partial charge in [0, 0.05) is 30.9 Å². The summed E-state index contributed by atoms with van der Waals surface area (Å²) in [6, 6.07) is 6.87. The van der Waals surface area contributed by atoms with Crippen molar-refractivity contribution in [1.82, 2.24) is 4.90 Å². The number of nitrogens with one attached hydrogen (secondary N) is 1. The monoisotopic (exact) mass is 292 g/mol. The standard InChI is InChI=1S/C16H24N2O3/c1-5-12(2)18(10-11-21-4)16(20)17-15-8-6-14(7-9-15)13(3)19/h6-9,12H,5,10-11H2,1-4H3,(H,17,20). The van der Waals surface area contributed by atoms with Gasteiger partial charge in [0.1, 0.15) is 0 Å². The Bertz CT molecular complexity index is 471. The summed E-state index contributed by atoms with van der Waals surface area (Å²) in [6.45, 7) is 6.61. The molecule has 1 unspecified atom stereocenters. The molecule has 116 valence electrons. The van der Waals surface area contributed by atoms with Crippen molar-refractivity contribution in [3.8, 4) is 0 Å². The molecule has 1 N–H and O–H groups in total. The van der Waals surface area contributed by atoms with E-state index < -0.39 is 0 Å². The van der Waals surface area contributed by atoms with Gasteiger partial charge in [-0.05, 0) is 44.5 Å². The van der Waals surface area contributed by atoms with E-state index in [-0.39, 0.29) is 17.9 Å². The molecule has 2 amide bonds. The van der Waals surface area contributed by atoms with Gasteiger partial charge in [0.2, 0.25) is 0 Å². The van der Waals surface area contributed by atoms with Gasteiger partial charge in [-0.2, -0.15) is 0 Å². The van der Waals surface area contributed by atoms with E-state index in [0.717, 1.165) is 6.42 Å². The van der Waals surface area contributed by atoms with Crippen LogP contribution >= 0.6 is 0 Å². The number of carbonyl (C=O) groups is 2. The first-order valence-corrected chi connectivity index (χ1v) is 7.17. The zero-order valence-electron chi connectivity index (χ0n) is 13.2. The molecule has 5 heteroatoms. The summed E-state index contributed by atoms with van der Waals surface area (Å²) >= 11 is 0. The Balaban J connectivity index is 2.73. The summed E-state index contributed by atoms with van der Waals surface area (Å²) in [4.78, 5) is 25.3. The smallest absolute Gasteiger partial charge is 0.322 e. The number of hydrogen-bond donors (Lipinski definition) is 1. The molecule has 0 bridgehead atoms. The van der Waals surface area contributed by atoms with Crippen molar-refractivity contribution in [2.24, 2.45) is 0 Å². The minimum Gasteiger partial charge on any atom is -0.383 e. The summed E-state index contributed by atoms with van der Waals surface area (Å²) in [5.74, 6) is 0.00852. The third-order valence-electron chi connectivity index (χ3n) is 3.46. The van der Waals surface area contributed by atoms with E-state index in [1.807, 2.05) is 13.8 Å². The first-order valence-electron chi connectivity index (χ1n) is 7.17. The predicted molar refractivity (Wildman–Crippen MR) is 83.8 cm³/mol. The molecule has 0 fully saturated rings. The fourth-order valence-corrected chi connectivity index (χ4v) is 1.92. The number of methoxy groups -OCH3 is 1. The normalized spacial score (nSPS) is 11.8. The van der Waals surface area contributed by atoms with Crippen LogP contribution in [0.2, 0.25) is 0 Å². The topological polar surface area (TPSA) is 58.6 Å². The van der Waals surface area contributed by atoms with Crippen LogP contribution < -0.4 is 5.32 Å². The van der Waals surface area contributed by atoms with Gasteiger partial charge >= 0.3 is 6.03 Å². The van der Waals surface area contributed by atoms with E-state index in [2.05, 4.69) is 5.32 Å². The molecular formula is C16H24N2O3. The number of urea groups is 1. The summed E-state index contributed by atoms with van der Waals surface area (Å²) in [5.41, 5.74) is 1.31. The number of ether oxygens (including phenoxy) is 1. The van der Waals surface area contributed by atoms with E-state index in [1.54, 1.807) is 36.3 Å². The summed E-state index contributed by atoms with van der Waals surface area (Å²) in [5, 5.41) is 2.85. The van der Waals surface area contributed by atoms with Crippen molar-refractivity contribution in [3.63, 3.8) is 0 Å². The Morgan fingerprint density at radius 2 is 1.90 bits per heavy atom. The third kappa shape index (κ3) is 5.19. The second-order valence-electron chi connectivity index (χ2n) is 5.01. The van der Waals surface area contributed by atoms with E-state index in [0.29, 0.717) is 24.4 Å². The lowest BCUT2D eigenvalue weighted by molar-refractivity contribution is 0.101. The summed E-state index contributed by atoms with van der Waals surface area (Å²) in [7, 11) is 1.62. The molecule has 0 spiro atoms. The molecule has 5 nitrogen and oxygen atoms in total. The number of amides is 2. The highest BCUT2D eigenvalue weighted by Crippen LogP contribution is 2.12. The number of Topliss-reactive ketones (excluding diaryl/α,β-unsaturated/α-hetero) is 1. The summed E-state index contributed by atoms with van der Waals surface area (Å²) in [6.07, 6.45) is 0.875. The Kier molecular flexibility index (Phi) is 6.88. The van der Waals surface area contributed by atoms with Crippen molar-refractivity contribution in [2.75, 3.05) is 25.6 Å². The quantitative estimate of drug-likeness (QED) is 0.785. The molecule has 1 aromatic rings. The average Bonchev–Trinajstić information content (AvgIpc) is 2.47. The minimum absolute atomic E-state index is 0.00852. The van der Waals surface area contributed by atoms with Crippen molar-refractivity contribution >= 4 is 17.5 Å². The van der Waals surface area contributed by atoms with E-state index in [9.17, 15) is 9.59 Å². The molecule has 1 rings (SSSR count). The third-order valence-corrected chi connectivity index (χ3v) is 3.46. The second-order valence-corrected chi connectivity index (χ2v) is 5.01. The zero-order valence-corrected chi connectivity index (χ0v) is 13.2. The first kappa shape index (κ1) is 17.2. The maximum Gasteiger partial charge on any atom is 0.322 e. The molecule has 21 heavy (non-hydrogen) atoms. The fraction of sp³-hybridized carbons (Fsp3) is 0.500. The lowest BCUT2D eigenvalue weighted by Gasteiger charge is -2.28. The number of benzene rings is 1. The van der Waals surface area contributed by atoms with Gasteiger partial charge in [0.25, 0.3) is 0 Å². The number of nitrogens with zero attached hydrogens (tertiary/aromatic N) is 1. The van der Waals surface area contributed by atoms with Gasteiger partial charge in [-0.25, -0.2) is 4.79 Å². The fourth-order valence-electron chi connectivity index (χ4n) is 1.92. The maximum absolute atomic E-state index is 12.3. The minimum atomic E-state index is -0.156. The van der Waals surface area contributed by atoms with E-state index in [4.69, 9.17) is 4.74 Å².